The molecular weight excluding hydrogens is 316 g/mol. The highest BCUT2D eigenvalue weighted by Gasteiger charge is 2.27. The molecule has 2 rings (SSSR count). The fraction of sp³-hybridized carbons (Fsp3) is 0.500. The van der Waals surface area contributed by atoms with Crippen LogP contribution < -0.4 is 10.6 Å². The summed E-state index contributed by atoms with van der Waals surface area (Å²) in [4.78, 5) is 0. The molecule has 0 fully saturated rings. The molecule has 0 bridgehead atoms. The first-order valence-corrected chi connectivity index (χ1v) is 10.0. The van der Waals surface area contributed by atoms with E-state index in [1.807, 2.05) is 0 Å². The Balaban J connectivity index is 2.07. The van der Waals surface area contributed by atoms with E-state index < -0.39 is 0 Å². The van der Waals surface area contributed by atoms with Crippen molar-refractivity contribution in [3.05, 3.63) is 71.8 Å². The van der Waals surface area contributed by atoms with Gasteiger partial charge in [0.1, 0.15) is 0 Å². The van der Waals surface area contributed by atoms with E-state index in [2.05, 4.69) is 106 Å². The molecule has 2 heteroatoms. The smallest absolute Gasteiger partial charge is 0.0320 e. The maximum atomic E-state index is 3.93. The zero-order valence-electron chi connectivity index (χ0n) is 17.1. The van der Waals surface area contributed by atoms with Crippen LogP contribution in [0.25, 0.3) is 0 Å². The number of nitrogens with one attached hydrogen (secondary N) is 2. The summed E-state index contributed by atoms with van der Waals surface area (Å²) in [5, 5.41) is 7.74. The van der Waals surface area contributed by atoms with Gasteiger partial charge in [0.15, 0.2) is 0 Å². The van der Waals surface area contributed by atoms with E-state index in [4.69, 9.17) is 0 Å². The third kappa shape index (κ3) is 5.96. The lowest BCUT2D eigenvalue weighted by Gasteiger charge is -2.36. The number of hydrogen-bond donors (Lipinski definition) is 2. The van der Waals surface area contributed by atoms with Crippen molar-refractivity contribution in [3.8, 4) is 0 Å². The number of hydrogen-bond acceptors (Lipinski definition) is 2. The molecular formula is C24H36N2. The molecule has 0 heterocycles. The Morgan fingerprint density at radius 1 is 0.731 bits per heavy atom. The van der Waals surface area contributed by atoms with Gasteiger partial charge in [-0.3, -0.25) is 0 Å². The van der Waals surface area contributed by atoms with E-state index in [0.29, 0.717) is 18.1 Å². The van der Waals surface area contributed by atoms with Gasteiger partial charge < -0.3 is 10.6 Å². The largest absolute Gasteiger partial charge is 0.308 e. The van der Waals surface area contributed by atoms with Crippen molar-refractivity contribution < 1.29 is 0 Å². The van der Waals surface area contributed by atoms with Gasteiger partial charge in [-0.15, -0.1) is 0 Å². The second-order valence-corrected chi connectivity index (χ2v) is 8.24. The van der Waals surface area contributed by atoms with Gasteiger partial charge in [0, 0.05) is 24.7 Å². The highest BCUT2D eigenvalue weighted by Crippen LogP contribution is 2.25. The van der Waals surface area contributed by atoms with Crippen molar-refractivity contribution in [2.24, 2.45) is 5.41 Å². The zero-order valence-corrected chi connectivity index (χ0v) is 17.1. The topological polar surface area (TPSA) is 24.1 Å². The van der Waals surface area contributed by atoms with Gasteiger partial charge in [-0.25, -0.2) is 0 Å². The highest BCUT2D eigenvalue weighted by molar-refractivity contribution is 5.20. The van der Waals surface area contributed by atoms with Crippen LogP contribution in [0.15, 0.2) is 60.7 Å². The maximum absolute atomic E-state index is 3.93. The molecule has 2 N–H and O–H groups in total. The summed E-state index contributed by atoms with van der Waals surface area (Å²) in [6.45, 7) is 12.5. The Morgan fingerprint density at radius 2 is 1.19 bits per heavy atom. The predicted octanol–water partition coefficient (Wildman–Crippen LogP) is 5.88. The van der Waals surface area contributed by atoms with Crippen LogP contribution in [0.5, 0.6) is 0 Å². The van der Waals surface area contributed by atoms with Crippen molar-refractivity contribution in [2.45, 2.75) is 65.6 Å². The molecule has 2 nitrogen and oxygen atoms in total. The second kappa shape index (κ2) is 9.89. The molecule has 0 saturated carbocycles. The van der Waals surface area contributed by atoms with Crippen LogP contribution in [-0.4, -0.2) is 12.6 Å². The SMILES string of the molecule is CC[C@H](NC[C@H](N[C@@H](CC)c1ccccc1)C(C)(C)C)c1ccccc1. The first-order chi connectivity index (χ1) is 12.5. The van der Waals surface area contributed by atoms with Gasteiger partial charge in [-0.1, -0.05) is 95.3 Å². The molecule has 26 heavy (non-hydrogen) atoms. The molecule has 2 aromatic rings. The lowest BCUT2D eigenvalue weighted by Crippen LogP contribution is -2.49. The van der Waals surface area contributed by atoms with Crippen molar-refractivity contribution in [2.75, 3.05) is 6.54 Å². The van der Waals surface area contributed by atoms with Gasteiger partial charge in [-0.2, -0.15) is 0 Å². The van der Waals surface area contributed by atoms with Gasteiger partial charge in [0.2, 0.25) is 0 Å². The molecule has 0 unspecified atom stereocenters. The maximum Gasteiger partial charge on any atom is 0.0320 e. The van der Waals surface area contributed by atoms with E-state index in [9.17, 15) is 0 Å². The normalized spacial score (nSPS) is 15.4. The lowest BCUT2D eigenvalue weighted by atomic mass is 9.85. The molecule has 0 aliphatic heterocycles. The molecule has 2 aromatic carbocycles. The molecule has 142 valence electrons. The molecule has 0 radical (unpaired) electrons. The number of rotatable bonds is 9. The van der Waals surface area contributed by atoms with E-state index >= 15 is 0 Å². The predicted molar refractivity (Wildman–Crippen MR) is 113 cm³/mol. The minimum absolute atomic E-state index is 0.185. The molecule has 0 aliphatic rings. The van der Waals surface area contributed by atoms with Crippen molar-refractivity contribution in [1.82, 2.24) is 10.6 Å². The van der Waals surface area contributed by atoms with Crippen LogP contribution >= 0.6 is 0 Å². The second-order valence-electron chi connectivity index (χ2n) is 8.24. The first-order valence-electron chi connectivity index (χ1n) is 10.0. The third-order valence-corrected chi connectivity index (χ3v) is 5.24. The summed E-state index contributed by atoms with van der Waals surface area (Å²) < 4.78 is 0. The summed E-state index contributed by atoms with van der Waals surface area (Å²) in [6, 6.07) is 22.8. The minimum atomic E-state index is 0.185. The molecule has 3 atom stereocenters. The summed E-state index contributed by atoms with van der Waals surface area (Å²) in [5.74, 6) is 0. The van der Waals surface area contributed by atoms with Crippen molar-refractivity contribution >= 4 is 0 Å². The van der Waals surface area contributed by atoms with Gasteiger partial charge >= 0.3 is 0 Å². The Morgan fingerprint density at radius 3 is 1.62 bits per heavy atom. The van der Waals surface area contributed by atoms with Crippen molar-refractivity contribution in [3.63, 3.8) is 0 Å². The van der Waals surface area contributed by atoms with Gasteiger partial charge in [0.05, 0.1) is 0 Å². The van der Waals surface area contributed by atoms with Crippen LogP contribution in [0.4, 0.5) is 0 Å². The average Bonchev–Trinajstić information content (AvgIpc) is 2.65. The van der Waals surface area contributed by atoms with Crippen LogP contribution in [-0.2, 0) is 0 Å². The monoisotopic (exact) mass is 352 g/mol. The van der Waals surface area contributed by atoms with Gasteiger partial charge in [-0.05, 0) is 29.4 Å². The summed E-state index contributed by atoms with van der Waals surface area (Å²) >= 11 is 0. The third-order valence-electron chi connectivity index (χ3n) is 5.24. The zero-order chi connectivity index (χ0) is 19.0. The van der Waals surface area contributed by atoms with Crippen LogP contribution in [0.2, 0.25) is 0 Å². The van der Waals surface area contributed by atoms with Crippen LogP contribution in [0.1, 0.15) is 70.7 Å². The fourth-order valence-corrected chi connectivity index (χ4v) is 3.44. The van der Waals surface area contributed by atoms with E-state index in [1.165, 1.54) is 11.1 Å². The molecule has 0 aliphatic carbocycles. The van der Waals surface area contributed by atoms with Crippen LogP contribution in [0, 0.1) is 5.41 Å². The standard InChI is InChI=1S/C24H36N2/c1-6-21(19-14-10-8-11-15-19)25-18-23(24(3,4)5)26-22(7-2)20-16-12-9-13-17-20/h8-17,21-23,25-26H,6-7,18H2,1-5H3/t21-,22-,23-/m0/s1. The minimum Gasteiger partial charge on any atom is -0.308 e. The Kier molecular flexibility index (Phi) is 7.86. The van der Waals surface area contributed by atoms with E-state index in [1.54, 1.807) is 0 Å². The van der Waals surface area contributed by atoms with Crippen molar-refractivity contribution in [1.29, 1.82) is 0 Å². The number of benzene rings is 2. The molecule has 0 amide bonds. The Labute approximate surface area is 160 Å². The molecule has 0 spiro atoms. The molecule has 0 aromatic heterocycles. The Bertz CT molecular complexity index is 616. The van der Waals surface area contributed by atoms with E-state index in [-0.39, 0.29) is 5.41 Å². The van der Waals surface area contributed by atoms with Crippen LogP contribution in [0.3, 0.4) is 0 Å². The summed E-state index contributed by atoms with van der Waals surface area (Å²) in [6.07, 6.45) is 2.18. The van der Waals surface area contributed by atoms with Gasteiger partial charge in [0.25, 0.3) is 0 Å². The lowest BCUT2D eigenvalue weighted by molar-refractivity contribution is 0.230. The Hall–Kier alpha value is -1.64. The quantitative estimate of drug-likeness (QED) is 0.588. The summed E-state index contributed by atoms with van der Waals surface area (Å²) in [7, 11) is 0. The first kappa shape index (κ1) is 20.7. The molecule has 0 saturated heterocycles. The highest BCUT2D eigenvalue weighted by atomic mass is 15.0. The summed E-state index contributed by atoms with van der Waals surface area (Å²) in [5.41, 5.74) is 2.93. The average molecular weight is 353 g/mol. The fourth-order valence-electron chi connectivity index (χ4n) is 3.44. The van der Waals surface area contributed by atoms with E-state index in [0.717, 1.165) is 19.4 Å².